The number of nitrogens with one attached hydrogen (secondary N) is 1. The Bertz CT molecular complexity index is 957. The van der Waals surface area contributed by atoms with Crippen LogP contribution in [0.25, 0.3) is 0 Å². The third-order valence-corrected chi connectivity index (χ3v) is 7.06. The van der Waals surface area contributed by atoms with Crippen LogP contribution >= 0.6 is 23.2 Å². The zero-order chi connectivity index (χ0) is 20.9. The van der Waals surface area contributed by atoms with Crippen molar-refractivity contribution in [2.75, 3.05) is 25.0 Å². The summed E-state index contributed by atoms with van der Waals surface area (Å²) in [5.74, 6) is 0.00709. The molecule has 6 nitrogen and oxygen atoms in total. The number of anilines is 1. The molecule has 156 valence electrons. The molecule has 0 bridgehead atoms. The second kappa shape index (κ2) is 9.80. The second-order valence-corrected chi connectivity index (χ2v) is 9.53. The zero-order valence-electron chi connectivity index (χ0n) is 15.7. The molecule has 0 unspecified atom stereocenters. The summed E-state index contributed by atoms with van der Waals surface area (Å²) in [5.41, 5.74) is 0.434. The van der Waals surface area contributed by atoms with Gasteiger partial charge < -0.3 is 10.1 Å². The molecule has 0 saturated carbocycles. The SMILES string of the molecule is O=C(COc1ccc(S(=O)(=O)N2CCCCCC2)cc1)Nc1ccc(Cl)cc1Cl. The van der Waals surface area contributed by atoms with Gasteiger partial charge in [0.15, 0.2) is 6.61 Å². The van der Waals surface area contributed by atoms with Crippen LogP contribution in [0.3, 0.4) is 0 Å². The maximum atomic E-state index is 12.8. The fourth-order valence-corrected chi connectivity index (χ4v) is 5.04. The Morgan fingerprint density at radius 1 is 1.00 bits per heavy atom. The standard InChI is InChI=1S/C20H22Cl2N2O4S/c21-15-5-10-19(18(22)13-15)23-20(25)14-28-16-6-8-17(9-7-16)29(26,27)24-11-3-1-2-4-12-24/h5-10,13H,1-4,11-12,14H2,(H,23,25). The number of sulfonamides is 1. The molecule has 2 aromatic carbocycles. The van der Waals surface area contributed by atoms with Crippen molar-refractivity contribution in [1.82, 2.24) is 4.31 Å². The summed E-state index contributed by atoms with van der Waals surface area (Å²) < 4.78 is 32.5. The van der Waals surface area contributed by atoms with E-state index in [1.165, 1.54) is 18.2 Å². The van der Waals surface area contributed by atoms with Gasteiger partial charge in [-0.25, -0.2) is 8.42 Å². The molecule has 0 radical (unpaired) electrons. The zero-order valence-corrected chi connectivity index (χ0v) is 18.1. The normalized spacial score (nSPS) is 15.5. The first-order chi connectivity index (χ1) is 13.9. The van der Waals surface area contributed by atoms with Gasteiger partial charge in [0.25, 0.3) is 5.91 Å². The summed E-state index contributed by atoms with van der Waals surface area (Å²) in [6.45, 7) is 0.860. The van der Waals surface area contributed by atoms with Crippen LogP contribution in [-0.2, 0) is 14.8 Å². The molecule has 0 aromatic heterocycles. The van der Waals surface area contributed by atoms with Crippen LogP contribution in [0.1, 0.15) is 25.7 Å². The van der Waals surface area contributed by atoms with Gasteiger partial charge in [-0.05, 0) is 55.3 Å². The summed E-state index contributed by atoms with van der Waals surface area (Å²) in [4.78, 5) is 12.3. The molecule has 1 fully saturated rings. The lowest BCUT2D eigenvalue weighted by molar-refractivity contribution is -0.118. The van der Waals surface area contributed by atoms with Crippen molar-refractivity contribution < 1.29 is 17.9 Å². The van der Waals surface area contributed by atoms with Gasteiger partial charge >= 0.3 is 0 Å². The van der Waals surface area contributed by atoms with E-state index in [9.17, 15) is 13.2 Å². The van der Waals surface area contributed by atoms with Crippen LogP contribution in [-0.4, -0.2) is 38.3 Å². The van der Waals surface area contributed by atoms with Crippen molar-refractivity contribution in [2.24, 2.45) is 0 Å². The minimum Gasteiger partial charge on any atom is -0.484 e. The molecule has 9 heteroatoms. The predicted molar refractivity (Wildman–Crippen MR) is 114 cm³/mol. The van der Waals surface area contributed by atoms with Crippen LogP contribution in [0.2, 0.25) is 10.0 Å². The maximum absolute atomic E-state index is 12.8. The Hall–Kier alpha value is -1.80. The summed E-state index contributed by atoms with van der Waals surface area (Å²) >= 11 is 11.9. The molecule has 2 aromatic rings. The molecule has 0 spiro atoms. The number of halogens is 2. The van der Waals surface area contributed by atoms with E-state index < -0.39 is 15.9 Å². The quantitative estimate of drug-likeness (QED) is 0.689. The average Bonchev–Trinajstić information content (AvgIpc) is 2.99. The second-order valence-electron chi connectivity index (χ2n) is 6.75. The molecule has 29 heavy (non-hydrogen) atoms. The number of ether oxygens (including phenoxy) is 1. The van der Waals surface area contributed by atoms with E-state index in [0.717, 1.165) is 25.7 Å². The Morgan fingerprint density at radius 3 is 2.28 bits per heavy atom. The molecule has 0 atom stereocenters. The topological polar surface area (TPSA) is 75.7 Å². The third kappa shape index (κ3) is 5.85. The first kappa shape index (κ1) is 21.9. The van der Waals surface area contributed by atoms with Crippen LogP contribution in [0, 0.1) is 0 Å². The Kier molecular flexibility index (Phi) is 7.40. The average molecular weight is 457 g/mol. The number of hydrogen-bond donors (Lipinski definition) is 1. The molecule has 0 aliphatic carbocycles. The fourth-order valence-electron chi connectivity index (χ4n) is 3.06. The highest BCUT2D eigenvalue weighted by Crippen LogP contribution is 2.25. The largest absolute Gasteiger partial charge is 0.484 e. The number of carbonyl (C=O) groups excluding carboxylic acids is 1. The van der Waals surface area contributed by atoms with Gasteiger partial charge in [-0.3, -0.25) is 4.79 Å². The highest BCUT2D eigenvalue weighted by atomic mass is 35.5. The van der Waals surface area contributed by atoms with Crippen molar-refractivity contribution >= 4 is 44.8 Å². The van der Waals surface area contributed by atoms with Gasteiger partial charge in [0.1, 0.15) is 5.75 Å². The lowest BCUT2D eigenvalue weighted by Gasteiger charge is -2.20. The van der Waals surface area contributed by atoms with Crippen molar-refractivity contribution in [1.29, 1.82) is 0 Å². The van der Waals surface area contributed by atoms with E-state index in [-0.39, 0.29) is 11.5 Å². The first-order valence-electron chi connectivity index (χ1n) is 9.34. The number of nitrogens with zero attached hydrogens (tertiary/aromatic N) is 1. The summed E-state index contributed by atoms with van der Waals surface area (Å²) in [6.07, 6.45) is 3.88. The highest BCUT2D eigenvalue weighted by Gasteiger charge is 2.25. The summed E-state index contributed by atoms with van der Waals surface area (Å²) in [5, 5.41) is 3.43. The van der Waals surface area contributed by atoms with Crippen LogP contribution in [0.4, 0.5) is 5.69 Å². The number of benzene rings is 2. The molecule has 1 aliphatic rings. The van der Waals surface area contributed by atoms with Gasteiger partial charge in [0.05, 0.1) is 15.6 Å². The highest BCUT2D eigenvalue weighted by molar-refractivity contribution is 7.89. The maximum Gasteiger partial charge on any atom is 0.262 e. The van der Waals surface area contributed by atoms with E-state index in [0.29, 0.717) is 34.6 Å². The minimum atomic E-state index is -3.51. The number of hydrogen-bond acceptors (Lipinski definition) is 4. The van der Waals surface area contributed by atoms with Gasteiger partial charge in [0.2, 0.25) is 10.0 Å². The lowest BCUT2D eigenvalue weighted by atomic mass is 10.2. The van der Waals surface area contributed by atoms with Gasteiger partial charge in [-0.2, -0.15) is 4.31 Å². The van der Waals surface area contributed by atoms with Crippen molar-refractivity contribution in [3.63, 3.8) is 0 Å². The first-order valence-corrected chi connectivity index (χ1v) is 11.5. The van der Waals surface area contributed by atoms with E-state index in [2.05, 4.69) is 5.32 Å². The summed E-state index contributed by atoms with van der Waals surface area (Å²) in [6, 6.07) is 10.9. The van der Waals surface area contributed by atoms with Gasteiger partial charge in [-0.15, -0.1) is 0 Å². The minimum absolute atomic E-state index is 0.226. The molecule has 1 heterocycles. The third-order valence-electron chi connectivity index (χ3n) is 4.60. The van der Waals surface area contributed by atoms with E-state index in [1.54, 1.807) is 28.6 Å². The van der Waals surface area contributed by atoms with Crippen LogP contribution < -0.4 is 10.1 Å². The summed E-state index contributed by atoms with van der Waals surface area (Å²) in [7, 11) is -3.51. The van der Waals surface area contributed by atoms with Gasteiger partial charge in [-0.1, -0.05) is 36.0 Å². The molecular weight excluding hydrogens is 435 g/mol. The smallest absolute Gasteiger partial charge is 0.262 e. The van der Waals surface area contributed by atoms with Crippen molar-refractivity contribution in [3.05, 3.63) is 52.5 Å². The van der Waals surface area contributed by atoms with Crippen LogP contribution in [0.15, 0.2) is 47.4 Å². The Labute approximate surface area is 180 Å². The Morgan fingerprint density at radius 2 is 1.66 bits per heavy atom. The van der Waals surface area contributed by atoms with Crippen molar-refractivity contribution in [2.45, 2.75) is 30.6 Å². The fraction of sp³-hybridized carbons (Fsp3) is 0.350. The molecule has 1 amide bonds. The van der Waals surface area contributed by atoms with Crippen molar-refractivity contribution in [3.8, 4) is 5.75 Å². The lowest BCUT2D eigenvalue weighted by Crippen LogP contribution is -2.31. The Balaban J connectivity index is 1.58. The monoisotopic (exact) mass is 456 g/mol. The van der Waals surface area contributed by atoms with E-state index in [4.69, 9.17) is 27.9 Å². The van der Waals surface area contributed by atoms with Gasteiger partial charge in [0, 0.05) is 18.1 Å². The number of amides is 1. The molecule has 1 saturated heterocycles. The number of rotatable bonds is 6. The van der Waals surface area contributed by atoms with E-state index in [1.807, 2.05) is 0 Å². The molecular formula is C20H22Cl2N2O4S. The van der Waals surface area contributed by atoms with E-state index >= 15 is 0 Å². The molecule has 1 aliphatic heterocycles. The predicted octanol–water partition coefficient (Wildman–Crippen LogP) is 4.58. The van der Waals surface area contributed by atoms with Crippen LogP contribution in [0.5, 0.6) is 5.75 Å². The molecule has 1 N–H and O–H groups in total. The molecule has 3 rings (SSSR count). The number of carbonyl (C=O) groups is 1.